The molecule has 0 saturated carbocycles. The quantitative estimate of drug-likeness (QED) is 0.751. The molecule has 1 atom stereocenters. The van der Waals surface area contributed by atoms with Gasteiger partial charge in [0, 0.05) is 26.0 Å². The van der Waals surface area contributed by atoms with E-state index >= 15 is 0 Å². The van der Waals surface area contributed by atoms with Gasteiger partial charge in [-0.05, 0) is 23.3 Å². The summed E-state index contributed by atoms with van der Waals surface area (Å²) in [4.78, 5) is 16.7. The second-order valence-electron chi connectivity index (χ2n) is 5.69. The molecule has 2 amide bonds. The maximum Gasteiger partial charge on any atom is 0.315 e. The van der Waals surface area contributed by atoms with Crippen LogP contribution in [-0.4, -0.2) is 15.6 Å². The molecule has 128 valence electrons. The molecule has 0 saturated heterocycles. The summed E-state index contributed by atoms with van der Waals surface area (Å²) in [6.45, 7) is 0.420. The molecule has 5 nitrogen and oxygen atoms in total. The van der Waals surface area contributed by atoms with Crippen molar-refractivity contribution in [1.82, 2.24) is 20.2 Å². The number of carbonyl (C=O) groups excluding carboxylic acids is 1. The van der Waals surface area contributed by atoms with Gasteiger partial charge in [0.25, 0.3) is 0 Å². The van der Waals surface area contributed by atoms with E-state index in [0.717, 1.165) is 11.1 Å². The van der Waals surface area contributed by atoms with Crippen molar-refractivity contribution < 1.29 is 9.18 Å². The predicted molar refractivity (Wildman–Crippen MR) is 93.3 cm³/mol. The largest absolute Gasteiger partial charge is 0.336 e. The third-order valence-electron chi connectivity index (χ3n) is 3.89. The molecule has 0 spiro atoms. The van der Waals surface area contributed by atoms with Crippen molar-refractivity contribution in [2.45, 2.75) is 12.6 Å². The van der Waals surface area contributed by atoms with Crippen molar-refractivity contribution in [3.63, 3.8) is 0 Å². The van der Waals surface area contributed by atoms with Crippen molar-refractivity contribution in [3.8, 4) is 0 Å². The molecule has 0 aliphatic carbocycles. The van der Waals surface area contributed by atoms with Crippen LogP contribution in [0, 0.1) is 5.82 Å². The molecule has 3 aromatic rings. The van der Waals surface area contributed by atoms with Crippen molar-refractivity contribution in [1.29, 1.82) is 0 Å². The second kappa shape index (κ2) is 7.61. The number of hydrogen-bond acceptors (Lipinski definition) is 2. The zero-order chi connectivity index (χ0) is 17.6. The van der Waals surface area contributed by atoms with Crippen LogP contribution in [0.3, 0.4) is 0 Å². The zero-order valence-corrected chi connectivity index (χ0v) is 13.8. The summed E-state index contributed by atoms with van der Waals surface area (Å²) in [5.74, 6) is 0.345. The van der Waals surface area contributed by atoms with Crippen LogP contribution in [-0.2, 0) is 13.6 Å². The van der Waals surface area contributed by atoms with Gasteiger partial charge >= 0.3 is 6.03 Å². The lowest BCUT2D eigenvalue weighted by atomic mass is 10.1. The van der Waals surface area contributed by atoms with E-state index < -0.39 is 6.04 Å². The molecule has 1 aromatic heterocycles. The predicted octanol–water partition coefficient (Wildman–Crippen LogP) is 3.15. The second-order valence-corrected chi connectivity index (χ2v) is 5.69. The van der Waals surface area contributed by atoms with Gasteiger partial charge in [-0.15, -0.1) is 0 Å². The monoisotopic (exact) mass is 338 g/mol. The van der Waals surface area contributed by atoms with Crippen molar-refractivity contribution in [3.05, 3.63) is 89.8 Å². The Balaban J connectivity index is 1.74. The minimum absolute atomic E-state index is 0.318. The number of amides is 2. The molecule has 1 heterocycles. The Morgan fingerprint density at radius 2 is 1.88 bits per heavy atom. The van der Waals surface area contributed by atoms with Crippen molar-refractivity contribution in [2.24, 2.45) is 7.05 Å². The Labute approximate surface area is 145 Å². The number of benzene rings is 2. The van der Waals surface area contributed by atoms with E-state index in [-0.39, 0.29) is 11.8 Å². The highest BCUT2D eigenvalue weighted by Gasteiger charge is 2.20. The van der Waals surface area contributed by atoms with E-state index in [4.69, 9.17) is 0 Å². The van der Waals surface area contributed by atoms with Crippen LogP contribution < -0.4 is 10.6 Å². The highest BCUT2D eigenvalue weighted by Crippen LogP contribution is 2.20. The normalized spacial score (nSPS) is 11.8. The third-order valence-corrected chi connectivity index (χ3v) is 3.89. The van der Waals surface area contributed by atoms with E-state index in [9.17, 15) is 9.18 Å². The Morgan fingerprint density at radius 3 is 2.52 bits per heavy atom. The number of carbonyl (C=O) groups is 1. The van der Waals surface area contributed by atoms with Crippen LogP contribution in [0.1, 0.15) is 23.0 Å². The number of nitrogens with one attached hydrogen (secondary N) is 2. The fraction of sp³-hybridized carbons (Fsp3) is 0.158. The minimum atomic E-state index is -0.476. The van der Waals surface area contributed by atoms with Gasteiger partial charge in [0.2, 0.25) is 0 Å². The number of hydrogen-bond donors (Lipinski definition) is 2. The summed E-state index contributed by atoms with van der Waals surface area (Å²) in [5, 5.41) is 5.74. The minimum Gasteiger partial charge on any atom is -0.336 e. The standard InChI is InChI=1S/C19H19FN4O/c1-24-12-11-21-18(24)17(15-7-9-16(20)10-8-15)23-19(25)22-13-14-5-3-2-4-6-14/h2-12,17H,13H2,1H3,(H2,22,23,25). The van der Waals surface area contributed by atoms with Gasteiger partial charge in [-0.2, -0.15) is 0 Å². The first-order chi connectivity index (χ1) is 12.1. The van der Waals surface area contributed by atoms with Crippen LogP contribution in [0.15, 0.2) is 67.0 Å². The van der Waals surface area contributed by atoms with Gasteiger partial charge in [-0.3, -0.25) is 0 Å². The van der Waals surface area contributed by atoms with E-state index in [1.807, 2.05) is 41.9 Å². The SMILES string of the molecule is Cn1ccnc1C(NC(=O)NCc1ccccc1)c1ccc(F)cc1. The summed E-state index contributed by atoms with van der Waals surface area (Å²) in [5.41, 5.74) is 1.76. The number of aromatic nitrogens is 2. The maximum atomic E-state index is 13.2. The summed E-state index contributed by atoms with van der Waals surface area (Å²) >= 11 is 0. The average Bonchev–Trinajstić information content (AvgIpc) is 3.05. The smallest absolute Gasteiger partial charge is 0.315 e. The van der Waals surface area contributed by atoms with Gasteiger partial charge in [-0.25, -0.2) is 14.2 Å². The summed E-state index contributed by atoms with van der Waals surface area (Å²) in [6.07, 6.45) is 3.46. The van der Waals surface area contributed by atoms with E-state index in [2.05, 4.69) is 15.6 Å². The molecule has 1 unspecified atom stereocenters. The van der Waals surface area contributed by atoms with Gasteiger partial charge in [0.05, 0.1) is 0 Å². The Hall–Kier alpha value is -3.15. The molecule has 25 heavy (non-hydrogen) atoms. The van der Waals surface area contributed by atoms with Crippen LogP contribution in [0.5, 0.6) is 0 Å². The topological polar surface area (TPSA) is 59.0 Å². The first kappa shape index (κ1) is 16.7. The highest BCUT2D eigenvalue weighted by molar-refractivity contribution is 5.74. The lowest BCUT2D eigenvalue weighted by Gasteiger charge is -2.19. The number of rotatable bonds is 5. The van der Waals surface area contributed by atoms with Crippen LogP contribution in [0.4, 0.5) is 9.18 Å². The zero-order valence-electron chi connectivity index (χ0n) is 13.8. The molecule has 6 heteroatoms. The molecule has 2 N–H and O–H groups in total. The lowest BCUT2D eigenvalue weighted by molar-refractivity contribution is 0.237. The molecule has 2 aromatic carbocycles. The van der Waals surface area contributed by atoms with E-state index in [1.165, 1.54) is 12.1 Å². The molecular formula is C19H19FN4O. The third kappa shape index (κ3) is 4.23. The maximum absolute atomic E-state index is 13.2. The fourth-order valence-electron chi connectivity index (χ4n) is 2.57. The van der Waals surface area contributed by atoms with Gasteiger partial charge < -0.3 is 15.2 Å². The number of urea groups is 1. The Kier molecular flexibility index (Phi) is 5.09. The number of imidazole rings is 1. The first-order valence-electron chi connectivity index (χ1n) is 7.94. The number of nitrogens with zero attached hydrogens (tertiary/aromatic N) is 2. The fourth-order valence-corrected chi connectivity index (χ4v) is 2.57. The summed E-state index contributed by atoms with van der Waals surface area (Å²) < 4.78 is 15.0. The number of halogens is 1. The molecule has 3 rings (SSSR count). The molecule has 0 fully saturated rings. The van der Waals surface area contributed by atoms with Gasteiger partial charge in [0.15, 0.2) is 0 Å². The molecule has 0 radical (unpaired) electrons. The molecule has 0 aliphatic heterocycles. The lowest BCUT2D eigenvalue weighted by Crippen LogP contribution is -2.38. The average molecular weight is 338 g/mol. The van der Waals surface area contributed by atoms with Gasteiger partial charge in [-0.1, -0.05) is 42.5 Å². The Bertz CT molecular complexity index is 830. The van der Waals surface area contributed by atoms with Crippen molar-refractivity contribution in [2.75, 3.05) is 0 Å². The van der Waals surface area contributed by atoms with Crippen LogP contribution in [0.2, 0.25) is 0 Å². The Morgan fingerprint density at radius 1 is 1.16 bits per heavy atom. The van der Waals surface area contributed by atoms with E-state index in [1.54, 1.807) is 24.5 Å². The summed E-state index contributed by atoms with van der Waals surface area (Å²) in [6, 6.07) is 14.9. The van der Waals surface area contributed by atoms with E-state index in [0.29, 0.717) is 12.4 Å². The van der Waals surface area contributed by atoms with Crippen molar-refractivity contribution >= 4 is 6.03 Å². The highest BCUT2D eigenvalue weighted by atomic mass is 19.1. The molecule has 0 bridgehead atoms. The first-order valence-corrected chi connectivity index (χ1v) is 7.94. The molecular weight excluding hydrogens is 319 g/mol. The molecule has 0 aliphatic rings. The van der Waals surface area contributed by atoms with Crippen LogP contribution in [0.25, 0.3) is 0 Å². The summed E-state index contributed by atoms with van der Waals surface area (Å²) in [7, 11) is 1.85. The van der Waals surface area contributed by atoms with Crippen LogP contribution >= 0.6 is 0 Å². The number of aryl methyl sites for hydroxylation is 1. The van der Waals surface area contributed by atoms with Gasteiger partial charge in [0.1, 0.15) is 17.7 Å².